The molecule has 2 aromatic carbocycles. The maximum atomic E-state index is 13.5. The third-order valence-electron chi connectivity index (χ3n) is 5.74. The molecule has 2 aliphatic rings. The minimum Gasteiger partial charge on any atom is -0.485 e. The van der Waals surface area contributed by atoms with Gasteiger partial charge in [-0.15, -0.1) is 0 Å². The molecule has 7 nitrogen and oxygen atoms in total. The Kier molecular flexibility index (Phi) is 6.01. The summed E-state index contributed by atoms with van der Waals surface area (Å²) < 4.78 is 51.3. The van der Waals surface area contributed by atoms with Crippen LogP contribution in [0.1, 0.15) is 25.0 Å². The Balaban J connectivity index is 1.65. The quantitative estimate of drug-likeness (QED) is 0.654. The van der Waals surface area contributed by atoms with E-state index in [1.165, 1.54) is 12.1 Å². The van der Waals surface area contributed by atoms with E-state index in [-0.39, 0.29) is 24.0 Å². The third-order valence-corrected chi connectivity index (χ3v) is 6.10. The average molecular weight is 491 g/mol. The first kappa shape index (κ1) is 23.9. The highest BCUT2D eigenvalue weighted by Crippen LogP contribution is 2.40. The number of aliphatic hydroxyl groups excluding tert-OH is 1. The molecule has 0 radical (unpaired) electrons. The van der Waals surface area contributed by atoms with Crippen molar-refractivity contribution < 1.29 is 32.5 Å². The lowest BCUT2D eigenvalue weighted by Crippen LogP contribution is -2.44. The summed E-state index contributed by atoms with van der Waals surface area (Å²) in [6.45, 7) is 3.70. The lowest BCUT2D eigenvalue weighted by molar-refractivity contribution is -0.137. The van der Waals surface area contributed by atoms with Gasteiger partial charge in [0.2, 0.25) is 0 Å². The number of carbonyl (C=O) groups excluding carboxylic acids is 1. The molecule has 2 aromatic rings. The molecule has 178 valence electrons. The Morgan fingerprint density at radius 1 is 1.18 bits per heavy atom. The van der Waals surface area contributed by atoms with Crippen molar-refractivity contribution in [2.24, 2.45) is 0 Å². The first-order chi connectivity index (χ1) is 15.9. The molecule has 0 saturated carbocycles. The van der Waals surface area contributed by atoms with Gasteiger partial charge in [-0.05, 0) is 68.5 Å². The first-order valence-corrected chi connectivity index (χ1v) is 10.7. The zero-order chi connectivity index (χ0) is 24.8. The number of nitrogens with zero attached hydrogens (tertiary/aromatic N) is 3. The lowest BCUT2D eigenvalue weighted by atomic mass is 10.0. The van der Waals surface area contributed by atoms with Gasteiger partial charge in [-0.25, -0.2) is 0 Å². The van der Waals surface area contributed by atoms with Crippen molar-refractivity contribution >= 4 is 34.6 Å². The molecule has 0 bridgehead atoms. The topological polar surface area (TPSA) is 86.0 Å². The number of ether oxygens (including phenoxy) is 2. The Morgan fingerprint density at radius 2 is 1.82 bits per heavy atom. The van der Waals surface area contributed by atoms with Gasteiger partial charge in [-0.2, -0.15) is 18.4 Å². The maximum Gasteiger partial charge on any atom is 0.417 e. The summed E-state index contributed by atoms with van der Waals surface area (Å²) in [5.41, 5.74) is -2.42. The van der Waals surface area contributed by atoms with Crippen molar-refractivity contribution in [3.63, 3.8) is 0 Å². The molecule has 4 rings (SSSR count). The molecule has 2 heterocycles. The molecule has 2 aliphatic heterocycles. The second-order valence-electron chi connectivity index (χ2n) is 8.41. The highest BCUT2D eigenvalue weighted by atomic mass is 32.1. The molecule has 34 heavy (non-hydrogen) atoms. The fraction of sp³-hybridized carbons (Fsp3) is 0.348. The van der Waals surface area contributed by atoms with Crippen molar-refractivity contribution in [2.75, 3.05) is 23.0 Å². The fourth-order valence-electron chi connectivity index (χ4n) is 3.94. The minimum absolute atomic E-state index is 0.00103. The van der Waals surface area contributed by atoms with Gasteiger partial charge in [0, 0.05) is 5.69 Å². The van der Waals surface area contributed by atoms with Gasteiger partial charge in [0.25, 0.3) is 5.91 Å². The van der Waals surface area contributed by atoms with E-state index in [1.54, 1.807) is 43.0 Å². The monoisotopic (exact) mass is 491 g/mol. The number of nitriles is 1. The van der Waals surface area contributed by atoms with Gasteiger partial charge in [-0.1, -0.05) is 0 Å². The number of aliphatic hydroxyl groups is 1. The Morgan fingerprint density at radius 3 is 2.38 bits per heavy atom. The van der Waals surface area contributed by atoms with Crippen LogP contribution in [0.5, 0.6) is 5.75 Å². The van der Waals surface area contributed by atoms with Crippen LogP contribution in [-0.2, 0) is 15.7 Å². The summed E-state index contributed by atoms with van der Waals surface area (Å²) in [7, 11) is 0. The smallest absolute Gasteiger partial charge is 0.417 e. The number of rotatable bonds is 4. The highest BCUT2D eigenvalue weighted by Gasteiger charge is 2.50. The Labute approximate surface area is 198 Å². The van der Waals surface area contributed by atoms with E-state index >= 15 is 0 Å². The number of hydrogen-bond acceptors (Lipinski definition) is 6. The van der Waals surface area contributed by atoms with E-state index in [1.807, 2.05) is 0 Å². The standard InChI is InChI=1S/C23H20F3N3O4S/c1-22(2)20(31)28(15-4-3-13(10-27)17(9-15)23(24,25)26)21(34)29(22)14-5-7-16(8-6-14)33-19-12-32-11-18(19)30/h3-9,18-19,30H,11-12H2,1-2H3. The molecule has 11 heteroatoms. The molecule has 2 atom stereocenters. The van der Waals surface area contributed by atoms with Crippen molar-refractivity contribution in [3.05, 3.63) is 53.6 Å². The van der Waals surface area contributed by atoms with Gasteiger partial charge in [0.15, 0.2) is 5.11 Å². The van der Waals surface area contributed by atoms with Crippen LogP contribution >= 0.6 is 12.2 Å². The third kappa shape index (κ3) is 4.09. The molecule has 0 spiro atoms. The van der Waals surface area contributed by atoms with E-state index < -0.39 is 41.0 Å². The Hall–Kier alpha value is -3.20. The van der Waals surface area contributed by atoms with Crippen LogP contribution in [0.15, 0.2) is 42.5 Å². The van der Waals surface area contributed by atoms with Crippen LogP contribution in [0.4, 0.5) is 24.5 Å². The van der Waals surface area contributed by atoms with Gasteiger partial charge < -0.3 is 19.5 Å². The summed E-state index contributed by atoms with van der Waals surface area (Å²) in [5, 5.41) is 18.9. The normalized spacial score (nSPS) is 22.3. The number of halogens is 3. The minimum atomic E-state index is -4.77. The number of amides is 1. The largest absolute Gasteiger partial charge is 0.485 e. The van der Waals surface area contributed by atoms with Crippen LogP contribution in [0.2, 0.25) is 0 Å². The lowest BCUT2D eigenvalue weighted by Gasteiger charge is -2.29. The summed E-state index contributed by atoms with van der Waals surface area (Å²) in [6.07, 6.45) is -5.99. The number of benzene rings is 2. The SMILES string of the molecule is CC1(C)C(=O)N(c2ccc(C#N)c(C(F)(F)F)c2)C(=S)N1c1ccc(OC2COCC2O)cc1. The molecule has 2 fully saturated rings. The molecule has 2 unspecified atom stereocenters. The van der Waals surface area contributed by atoms with Crippen LogP contribution in [-0.4, -0.2) is 47.1 Å². The van der Waals surface area contributed by atoms with Crippen molar-refractivity contribution in [1.29, 1.82) is 5.26 Å². The van der Waals surface area contributed by atoms with E-state index in [9.17, 15) is 23.1 Å². The maximum absolute atomic E-state index is 13.5. The fourth-order valence-corrected chi connectivity index (χ4v) is 4.47. The molecule has 0 aliphatic carbocycles. The molecule has 0 aromatic heterocycles. The summed E-state index contributed by atoms with van der Waals surface area (Å²) in [6, 6.07) is 11.2. The molecular formula is C23H20F3N3O4S. The van der Waals surface area contributed by atoms with Gasteiger partial charge in [0.1, 0.15) is 23.5 Å². The number of hydrogen-bond donors (Lipinski definition) is 1. The van der Waals surface area contributed by atoms with Crippen molar-refractivity contribution in [1.82, 2.24) is 0 Å². The van der Waals surface area contributed by atoms with Gasteiger partial charge in [0.05, 0.1) is 36.1 Å². The second-order valence-corrected chi connectivity index (χ2v) is 8.78. The van der Waals surface area contributed by atoms with Crippen LogP contribution in [0.3, 0.4) is 0 Å². The molecule has 1 N–H and O–H groups in total. The predicted octanol–water partition coefficient (Wildman–Crippen LogP) is 3.63. The highest BCUT2D eigenvalue weighted by molar-refractivity contribution is 7.81. The van der Waals surface area contributed by atoms with E-state index in [0.717, 1.165) is 17.0 Å². The predicted molar refractivity (Wildman–Crippen MR) is 120 cm³/mol. The van der Waals surface area contributed by atoms with E-state index in [2.05, 4.69) is 0 Å². The van der Waals surface area contributed by atoms with Crippen molar-refractivity contribution in [3.8, 4) is 11.8 Å². The average Bonchev–Trinajstić information content (AvgIpc) is 3.25. The second kappa shape index (κ2) is 8.54. The zero-order valence-electron chi connectivity index (χ0n) is 18.2. The zero-order valence-corrected chi connectivity index (χ0v) is 19.0. The number of carbonyl (C=O) groups is 1. The summed E-state index contributed by atoms with van der Waals surface area (Å²) in [5.74, 6) is -0.0341. The summed E-state index contributed by atoms with van der Waals surface area (Å²) in [4.78, 5) is 15.8. The van der Waals surface area contributed by atoms with Crippen LogP contribution < -0.4 is 14.5 Å². The molecular weight excluding hydrogens is 471 g/mol. The Bertz CT molecular complexity index is 1180. The number of thiocarbonyl (C=S) groups is 1. The van der Waals surface area contributed by atoms with E-state index in [0.29, 0.717) is 11.4 Å². The van der Waals surface area contributed by atoms with Crippen LogP contribution in [0, 0.1) is 11.3 Å². The molecule has 2 saturated heterocycles. The number of anilines is 2. The van der Waals surface area contributed by atoms with Gasteiger partial charge in [-0.3, -0.25) is 9.69 Å². The van der Waals surface area contributed by atoms with Crippen molar-refractivity contribution in [2.45, 2.75) is 37.8 Å². The van der Waals surface area contributed by atoms with Gasteiger partial charge >= 0.3 is 6.18 Å². The number of alkyl halides is 3. The van der Waals surface area contributed by atoms with E-state index in [4.69, 9.17) is 27.0 Å². The summed E-state index contributed by atoms with van der Waals surface area (Å²) >= 11 is 5.52. The van der Waals surface area contributed by atoms with Crippen LogP contribution in [0.25, 0.3) is 0 Å². The first-order valence-electron chi connectivity index (χ1n) is 10.3. The molecule has 1 amide bonds.